The van der Waals surface area contributed by atoms with Crippen LogP contribution in [0.25, 0.3) is 0 Å². The quantitative estimate of drug-likeness (QED) is 0.945. The molecule has 2 aromatic heterocycles. The van der Waals surface area contributed by atoms with Crippen molar-refractivity contribution in [1.82, 2.24) is 14.8 Å². The number of hydrogen-bond acceptors (Lipinski definition) is 3. The first-order chi connectivity index (χ1) is 8.19. The number of pyridine rings is 1. The monoisotopic (exact) mass is 294 g/mol. The summed E-state index contributed by atoms with van der Waals surface area (Å²) >= 11 is 3.27. The Morgan fingerprint density at radius 3 is 2.94 bits per heavy atom. The highest BCUT2D eigenvalue weighted by Crippen LogP contribution is 2.12. The molecule has 0 aliphatic rings. The topological polar surface area (TPSA) is 59.8 Å². The van der Waals surface area contributed by atoms with E-state index in [1.807, 2.05) is 6.92 Å². The van der Waals surface area contributed by atoms with Crippen LogP contribution < -0.4 is 5.32 Å². The van der Waals surface area contributed by atoms with Gasteiger partial charge in [0.1, 0.15) is 0 Å². The summed E-state index contributed by atoms with van der Waals surface area (Å²) in [5, 5.41) is 6.83. The van der Waals surface area contributed by atoms with Crippen molar-refractivity contribution in [3.05, 3.63) is 40.9 Å². The fraction of sp³-hybridized carbons (Fsp3) is 0.182. The Bertz CT molecular complexity index is 538. The minimum absolute atomic E-state index is 0.200. The van der Waals surface area contributed by atoms with Crippen molar-refractivity contribution in [3.8, 4) is 0 Å². The number of carbonyl (C=O) groups excluding carboxylic acids is 1. The number of carbonyl (C=O) groups is 1. The number of anilines is 1. The van der Waals surface area contributed by atoms with Gasteiger partial charge in [0.05, 0.1) is 17.4 Å². The molecule has 0 atom stereocenters. The number of aryl methyl sites for hydroxylation is 1. The molecule has 0 spiro atoms. The summed E-state index contributed by atoms with van der Waals surface area (Å²) in [6.45, 7) is 2.76. The Morgan fingerprint density at radius 1 is 1.47 bits per heavy atom. The van der Waals surface area contributed by atoms with Gasteiger partial charge in [-0.1, -0.05) is 0 Å². The van der Waals surface area contributed by atoms with Crippen LogP contribution in [0.15, 0.2) is 35.3 Å². The molecule has 2 aromatic rings. The molecule has 1 amide bonds. The van der Waals surface area contributed by atoms with Crippen LogP contribution in [-0.4, -0.2) is 20.7 Å². The predicted octanol–water partition coefficient (Wildman–Crippen LogP) is 2.31. The fourth-order valence-corrected chi connectivity index (χ4v) is 1.71. The van der Waals surface area contributed by atoms with E-state index >= 15 is 0 Å². The second-order valence-electron chi connectivity index (χ2n) is 3.43. The minimum atomic E-state index is -0.200. The summed E-state index contributed by atoms with van der Waals surface area (Å²) in [5.74, 6) is -0.200. The molecule has 0 bridgehead atoms. The van der Waals surface area contributed by atoms with Crippen LogP contribution in [0.1, 0.15) is 17.3 Å². The Kier molecular flexibility index (Phi) is 3.53. The lowest BCUT2D eigenvalue weighted by atomic mass is 10.2. The van der Waals surface area contributed by atoms with Gasteiger partial charge in [0.15, 0.2) is 0 Å². The van der Waals surface area contributed by atoms with Crippen molar-refractivity contribution in [2.24, 2.45) is 0 Å². The number of nitrogens with zero attached hydrogens (tertiary/aromatic N) is 3. The Balaban J connectivity index is 2.11. The average Bonchev–Trinajstić information content (AvgIpc) is 2.77. The molecule has 0 fully saturated rings. The highest BCUT2D eigenvalue weighted by Gasteiger charge is 2.08. The number of halogens is 1. The summed E-state index contributed by atoms with van der Waals surface area (Å²) in [6, 6.07) is 1.71. The lowest BCUT2D eigenvalue weighted by molar-refractivity contribution is 0.102. The third-order valence-electron chi connectivity index (χ3n) is 2.18. The maximum atomic E-state index is 11.9. The molecule has 0 aliphatic heterocycles. The minimum Gasteiger partial charge on any atom is -0.319 e. The molecule has 1 N–H and O–H groups in total. The molecule has 0 saturated heterocycles. The first-order valence-electron chi connectivity index (χ1n) is 5.13. The van der Waals surface area contributed by atoms with E-state index in [1.54, 1.807) is 29.3 Å². The van der Waals surface area contributed by atoms with Crippen LogP contribution in [0.2, 0.25) is 0 Å². The molecular formula is C11H11BrN4O. The second kappa shape index (κ2) is 5.09. The Hall–Kier alpha value is -1.69. The Labute approximate surface area is 107 Å². The van der Waals surface area contributed by atoms with Gasteiger partial charge in [0, 0.05) is 29.6 Å². The summed E-state index contributed by atoms with van der Waals surface area (Å²) in [6.07, 6.45) is 6.55. The normalized spacial score (nSPS) is 10.2. The lowest BCUT2D eigenvalue weighted by Gasteiger charge is -2.02. The molecule has 6 heteroatoms. The number of hydrogen-bond donors (Lipinski definition) is 1. The molecule has 2 rings (SSSR count). The van der Waals surface area contributed by atoms with E-state index in [0.29, 0.717) is 11.3 Å². The van der Waals surface area contributed by atoms with E-state index in [1.165, 1.54) is 6.20 Å². The maximum absolute atomic E-state index is 11.9. The van der Waals surface area contributed by atoms with E-state index in [-0.39, 0.29) is 5.91 Å². The standard InChI is InChI=1S/C11H11BrN4O/c1-2-16-7-10(6-14-16)15-11(17)8-3-9(12)5-13-4-8/h3-7H,2H2,1H3,(H,15,17). The van der Waals surface area contributed by atoms with Gasteiger partial charge in [-0.05, 0) is 28.9 Å². The van der Waals surface area contributed by atoms with Crippen LogP contribution >= 0.6 is 15.9 Å². The van der Waals surface area contributed by atoms with Crippen molar-refractivity contribution in [2.45, 2.75) is 13.5 Å². The van der Waals surface area contributed by atoms with Crippen molar-refractivity contribution in [2.75, 3.05) is 5.32 Å². The summed E-state index contributed by atoms with van der Waals surface area (Å²) in [7, 11) is 0. The van der Waals surface area contributed by atoms with Gasteiger partial charge in [0.25, 0.3) is 5.91 Å². The molecule has 17 heavy (non-hydrogen) atoms. The molecule has 0 saturated carbocycles. The Morgan fingerprint density at radius 2 is 2.29 bits per heavy atom. The van der Waals surface area contributed by atoms with Crippen molar-refractivity contribution < 1.29 is 4.79 Å². The molecule has 88 valence electrons. The van der Waals surface area contributed by atoms with E-state index < -0.39 is 0 Å². The predicted molar refractivity (Wildman–Crippen MR) is 67.8 cm³/mol. The van der Waals surface area contributed by atoms with Crippen molar-refractivity contribution in [3.63, 3.8) is 0 Å². The van der Waals surface area contributed by atoms with Crippen LogP contribution in [0.3, 0.4) is 0 Å². The molecule has 0 radical (unpaired) electrons. The zero-order chi connectivity index (χ0) is 12.3. The fourth-order valence-electron chi connectivity index (χ4n) is 1.34. The highest BCUT2D eigenvalue weighted by atomic mass is 79.9. The van der Waals surface area contributed by atoms with Crippen LogP contribution in [0.4, 0.5) is 5.69 Å². The van der Waals surface area contributed by atoms with Crippen molar-refractivity contribution >= 4 is 27.5 Å². The number of nitrogens with one attached hydrogen (secondary N) is 1. The van der Waals surface area contributed by atoms with Gasteiger partial charge < -0.3 is 5.32 Å². The summed E-state index contributed by atoms with van der Waals surface area (Å²) in [4.78, 5) is 15.8. The second-order valence-corrected chi connectivity index (χ2v) is 4.35. The molecule has 0 aliphatic carbocycles. The van der Waals surface area contributed by atoms with Gasteiger partial charge in [-0.3, -0.25) is 14.5 Å². The van der Waals surface area contributed by atoms with Crippen LogP contribution in [0, 0.1) is 0 Å². The van der Waals surface area contributed by atoms with Crippen LogP contribution in [-0.2, 0) is 6.54 Å². The van der Waals surface area contributed by atoms with Gasteiger partial charge in [-0.15, -0.1) is 0 Å². The number of rotatable bonds is 3. The van der Waals surface area contributed by atoms with Crippen molar-refractivity contribution in [1.29, 1.82) is 0 Å². The van der Waals surface area contributed by atoms with E-state index in [2.05, 4.69) is 31.3 Å². The first kappa shape index (κ1) is 11.8. The van der Waals surface area contributed by atoms with Crippen LogP contribution in [0.5, 0.6) is 0 Å². The smallest absolute Gasteiger partial charge is 0.257 e. The van der Waals surface area contributed by atoms with E-state index in [4.69, 9.17) is 0 Å². The zero-order valence-electron chi connectivity index (χ0n) is 9.22. The first-order valence-corrected chi connectivity index (χ1v) is 5.92. The average molecular weight is 295 g/mol. The van der Waals surface area contributed by atoms with Gasteiger partial charge >= 0.3 is 0 Å². The molecule has 2 heterocycles. The third-order valence-corrected chi connectivity index (χ3v) is 2.62. The molecular weight excluding hydrogens is 284 g/mol. The summed E-state index contributed by atoms with van der Waals surface area (Å²) < 4.78 is 2.52. The third kappa shape index (κ3) is 2.91. The largest absolute Gasteiger partial charge is 0.319 e. The zero-order valence-corrected chi connectivity index (χ0v) is 10.8. The number of aromatic nitrogens is 3. The molecule has 0 aromatic carbocycles. The highest BCUT2D eigenvalue weighted by molar-refractivity contribution is 9.10. The molecule has 0 unspecified atom stereocenters. The van der Waals surface area contributed by atoms with Gasteiger partial charge in [0.2, 0.25) is 0 Å². The SMILES string of the molecule is CCn1cc(NC(=O)c2cncc(Br)c2)cn1. The lowest BCUT2D eigenvalue weighted by Crippen LogP contribution is -2.11. The maximum Gasteiger partial charge on any atom is 0.257 e. The van der Waals surface area contributed by atoms with E-state index in [0.717, 1.165) is 11.0 Å². The van der Waals surface area contributed by atoms with E-state index in [9.17, 15) is 4.79 Å². The number of amides is 1. The summed E-state index contributed by atoms with van der Waals surface area (Å²) in [5.41, 5.74) is 1.18. The van der Waals surface area contributed by atoms with Gasteiger partial charge in [-0.25, -0.2) is 0 Å². The molecule has 5 nitrogen and oxygen atoms in total. The van der Waals surface area contributed by atoms with Gasteiger partial charge in [-0.2, -0.15) is 5.10 Å².